The van der Waals surface area contributed by atoms with Crippen LogP contribution >= 0.6 is 0 Å². The largest absolute Gasteiger partial charge is 0.456 e. The second-order valence-electron chi connectivity index (χ2n) is 6.14. The fraction of sp³-hybridized carbons (Fsp3) is 0.812. The van der Waals surface area contributed by atoms with E-state index in [0.717, 1.165) is 38.8 Å². The van der Waals surface area contributed by atoms with Gasteiger partial charge < -0.3 is 14.8 Å². The van der Waals surface area contributed by atoms with Gasteiger partial charge in [-0.05, 0) is 44.7 Å². The van der Waals surface area contributed by atoms with Crippen LogP contribution in [-0.4, -0.2) is 37.9 Å². The maximum atomic E-state index is 11.4. The minimum absolute atomic E-state index is 0.299. The summed E-state index contributed by atoms with van der Waals surface area (Å²) in [5.74, 6) is 5.83. The number of hydrogen-bond acceptors (Lipinski definition) is 4. The average Bonchev–Trinajstić information content (AvgIpc) is 2.40. The first-order valence-corrected chi connectivity index (χ1v) is 7.68. The number of rotatable bonds is 4. The zero-order chi connectivity index (χ0) is 14.4. The highest BCUT2D eigenvalue weighted by atomic mass is 16.5. The van der Waals surface area contributed by atoms with E-state index in [-0.39, 0.29) is 0 Å². The summed E-state index contributed by atoms with van der Waals surface area (Å²) in [5, 5.41) is 3.33. The molecule has 0 atom stereocenters. The maximum Gasteiger partial charge on any atom is 0.384 e. The molecule has 2 rings (SSSR count). The molecule has 1 saturated heterocycles. The SMILES string of the molecule is CC(C)COC(=O)C#CC1CC(OC2CCNCC2)C1. The molecular formula is C16H25NO3. The van der Waals surface area contributed by atoms with Gasteiger partial charge in [-0.3, -0.25) is 0 Å². The van der Waals surface area contributed by atoms with Gasteiger partial charge in [0.1, 0.15) is 0 Å². The Bertz CT molecular complexity index is 371. The highest BCUT2D eigenvalue weighted by Gasteiger charge is 2.31. The molecule has 0 aromatic carbocycles. The monoisotopic (exact) mass is 279 g/mol. The van der Waals surface area contributed by atoms with Crippen LogP contribution < -0.4 is 5.32 Å². The molecule has 4 heteroatoms. The van der Waals surface area contributed by atoms with E-state index in [4.69, 9.17) is 9.47 Å². The van der Waals surface area contributed by atoms with E-state index in [2.05, 4.69) is 17.2 Å². The number of nitrogens with one attached hydrogen (secondary N) is 1. The second kappa shape index (κ2) is 7.66. The van der Waals surface area contributed by atoms with Crippen molar-refractivity contribution in [2.45, 2.75) is 51.7 Å². The summed E-state index contributed by atoms with van der Waals surface area (Å²) < 4.78 is 11.0. The van der Waals surface area contributed by atoms with E-state index < -0.39 is 5.97 Å². The molecule has 0 unspecified atom stereocenters. The van der Waals surface area contributed by atoms with Gasteiger partial charge in [0.2, 0.25) is 0 Å². The molecule has 1 heterocycles. The van der Waals surface area contributed by atoms with E-state index in [0.29, 0.717) is 30.7 Å². The van der Waals surface area contributed by atoms with Crippen molar-refractivity contribution in [1.29, 1.82) is 0 Å². The fourth-order valence-electron chi connectivity index (χ4n) is 2.44. The van der Waals surface area contributed by atoms with Crippen LogP contribution in [0.15, 0.2) is 0 Å². The first-order chi connectivity index (χ1) is 9.63. The third-order valence-electron chi connectivity index (χ3n) is 3.69. The first-order valence-electron chi connectivity index (χ1n) is 7.68. The topological polar surface area (TPSA) is 47.6 Å². The molecule has 2 aliphatic rings. The molecule has 4 nitrogen and oxygen atoms in total. The number of ether oxygens (including phenoxy) is 2. The van der Waals surface area contributed by atoms with Crippen LogP contribution in [-0.2, 0) is 14.3 Å². The Hall–Kier alpha value is -1.05. The van der Waals surface area contributed by atoms with E-state index in [1.165, 1.54) is 0 Å². The third kappa shape index (κ3) is 5.15. The summed E-state index contributed by atoms with van der Waals surface area (Å²) in [6.45, 7) is 6.58. The Morgan fingerprint density at radius 3 is 2.60 bits per heavy atom. The third-order valence-corrected chi connectivity index (χ3v) is 3.69. The second-order valence-corrected chi connectivity index (χ2v) is 6.14. The lowest BCUT2D eigenvalue weighted by atomic mass is 9.82. The average molecular weight is 279 g/mol. The molecule has 1 saturated carbocycles. The molecule has 1 aliphatic heterocycles. The molecule has 0 aromatic heterocycles. The number of carbonyl (C=O) groups excluding carboxylic acids is 1. The van der Waals surface area contributed by atoms with Crippen LogP contribution in [0.25, 0.3) is 0 Å². The van der Waals surface area contributed by atoms with Gasteiger partial charge in [-0.25, -0.2) is 4.79 Å². The maximum absolute atomic E-state index is 11.4. The predicted molar refractivity (Wildman–Crippen MR) is 77.1 cm³/mol. The molecule has 112 valence electrons. The summed E-state index contributed by atoms with van der Waals surface area (Å²) in [7, 11) is 0. The molecule has 20 heavy (non-hydrogen) atoms. The predicted octanol–water partition coefficient (Wildman–Crippen LogP) is 1.74. The summed E-state index contributed by atoms with van der Waals surface area (Å²) in [5.41, 5.74) is 0. The van der Waals surface area contributed by atoms with Crippen LogP contribution in [0.2, 0.25) is 0 Å². The van der Waals surface area contributed by atoms with Gasteiger partial charge in [0.05, 0.1) is 18.8 Å². The lowest BCUT2D eigenvalue weighted by Crippen LogP contribution is -2.39. The Morgan fingerprint density at radius 1 is 1.25 bits per heavy atom. The van der Waals surface area contributed by atoms with E-state index in [1.54, 1.807) is 0 Å². The van der Waals surface area contributed by atoms with Gasteiger partial charge in [-0.15, -0.1) is 0 Å². The van der Waals surface area contributed by atoms with Crippen LogP contribution in [0.1, 0.15) is 39.5 Å². The van der Waals surface area contributed by atoms with Gasteiger partial charge in [0.15, 0.2) is 0 Å². The van der Waals surface area contributed by atoms with Gasteiger partial charge in [0, 0.05) is 11.8 Å². The highest BCUT2D eigenvalue weighted by molar-refractivity contribution is 5.88. The molecule has 0 bridgehead atoms. The lowest BCUT2D eigenvalue weighted by Gasteiger charge is -2.36. The van der Waals surface area contributed by atoms with Crippen LogP contribution in [0.5, 0.6) is 0 Å². The molecule has 1 aliphatic carbocycles. The Morgan fingerprint density at radius 2 is 1.95 bits per heavy atom. The quantitative estimate of drug-likeness (QED) is 0.484. The summed E-state index contributed by atoms with van der Waals surface area (Å²) in [6.07, 6.45) is 4.86. The standard InChI is InChI=1S/C16H25NO3/c1-12(2)11-19-16(18)4-3-13-9-15(10-13)20-14-5-7-17-8-6-14/h12-15,17H,5-11H2,1-2H3. The van der Waals surface area contributed by atoms with Gasteiger partial charge in [-0.1, -0.05) is 19.8 Å². The van der Waals surface area contributed by atoms with E-state index in [9.17, 15) is 4.79 Å². The van der Waals surface area contributed by atoms with Crippen molar-refractivity contribution in [1.82, 2.24) is 5.32 Å². The first kappa shape index (κ1) is 15.3. The number of esters is 1. The zero-order valence-corrected chi connectivity index (χ0v) is 12.5. The molecule has 0 spiro atoms. The van der Waals surface area contributed by atoms with Crippen molar-refractivity contribution < 1.29 is 14.3 Å². The summed E-state index contributed by atoms with van der Waals surface area (Å²) in [6, 6.07) is 0. The van der Waals surface area contributed by atoms with Gasteiger partial charge in [-0.2, -0.15) is 0 Å². The van der Waals surface area contributed by atoms with Crippen LogP contribution in [0.3, 0.4) is 0 Å². The van der Waals surface area contributed by atoms with Crippen molar-refractivity contribution in [2.24, 2.45) is 11.8 Å². The molecule has 0 radical (unpaired) electrons. The minimum atomic E-state index is -0.401. The zero-order valence-electron chi connectivity index (χ0n) is 12.5. The Kier molecular flexibility index (Phi) is 5.87. The van der Waals surface area contributed by atoms with Gasteiger partial charge >= 0.3 is 5.97 Å². The van der Waals surface area contributed by atoms with Crippen molar-refractivity contribution in [3.8, 4) is 11.8 Å². The van der Waals surface area contributed by atoms with Crippen molar-refractivity contribution in [3.63, 3.8) is 0 Å². The smallest absolute Gasteiger partial charge is 0.384 e. The van der Waals surface area contributed by atoms with Gasteiger partial charge in [0.25, 0.3) is 0 Å². The molecule has 2 fully saturated rings. The Labute approximate surface area is 121 Å². The molecule has 0 aromatic rings. The fourth-order valence-corrected chi connectivity index (χ4v) is 2.44. The normalized spacial score (nSPS) is 26.6. The molecule has 1 N–H and O–H groups in total. The summed E-state index contributed by atoms with van der Waals surface area (Å²) in [4.78, 5) is 11.4. The van der Waals surface area contributed by atoms with Crippen LogP contribution in [0, 0.1) is 23.7 Å². The molecule has 0 amide bonds. The number of piperidine rings is 1. The van der Waals surface area contributed by atoms with Crippen molar-refractivity contribution in [3.05, 3.63) is 0 Å². The highest BCUT2D eigenvalue weighted by Crippen LogP contribution is 2.31. The van der Waals surface area contributed by atoms with Crippen LogP contribution in [0.4, 0.5) is 0 Å². The summed E-state index contributed by atoms with van der Waals surface area (Å²) >= 11 is 0. The van der Waals surface area contributed by atoms with E-state index >= 15 is 0 Å². The Balaban J connectivity index is 1.60. The number of carbonyl (C=O) groups is 1. The van der Waals surface area contributed by atoms with Crippen molar-refractivity contribution in [2.75, 3.05) is 19.7 Å². The van der Waals surface area contributed by atoms with Crippen molar-refractivity contribution >= 4 is 5.97 Å². The van der Waals surface area contributed by atoms with E-state index in [1.807, 2.05) is 13.8 Å². The molecular weight excluding hydrogens is 254 g/mol. The lowest BCUT2D eigenvalue weighted by molar-refractivity contribution is -0.137. The minimum Gasteiger partial charge on any atom is -0.456 e. The number of hydrogen-bond donors (Lipinski definition) is 1.